The lowest BCUT2D eigenvalue weighted by molar-refractivity contribution is 0.575. The number of hydrogen-bond acceptors (Lipinski definition) is 0. The molecule has 0 aromatic heterocycles. The second-order valence-corrected chi connectivity index (χ2v) is 12.8. The van der Waals surface area contributed by atoms with Crippen LogP contribution in [-0.4, -0.2) is 14.1 Å². The topological polar surface area (TPSA) is 0 Å². The summed E-state index contributed by atoms with van der Waals surface area (Å²) in [4.78, 5) is 0. The first-order valence-corrected chi connectivity index (χ1v) is 12.9. The minimum absolute atomic E-state index is 0.565. The van der Waals surface area contributed by atoms with Gasteiger partial charge in [0.05, 0.1) is 0 Å². The maximum Gasteiger partial charge on any atom is 0.272 e. The van der Waals surface area contributed by atoms with E-state index in [0.717, 1.165) is 0 Å². The third-order valence-corrected chi connectivity index (χ3v) is 12.6. The zero-order valence-electron chi connectivity index (χ0n) is 15.0. The van der Waals surface area contributed by atoms with Gasteiger partial charge in [-0.2, -0.15) is 0 Å². The van der Waals surface area contributed by atoms with Gasteiger partial charge in [-0.15, -0.1) is 0 Å². The monoisotopic (exact) mass is 318 g/mol. The van der Waals surface area contributed by atoms with Crippen LogP contribution in [0.3, 0.4) is 0 Å². The Hall–Kier alpha value is 0.532. The molecule has 3 rings (SSSR count). The van der Waals surface area contributed by atoms with E-state index in [1.165, 1.54) is 14.3 Å². The van der Waals surface area contributed by atoms with Gasteiger partial charge >= 0.3 is 0 Å². The highest BCUT2D eigenvalue weighted by Gasteiger charge is 2.40. The van der Waals surface area contributed by atoms with Gasteiger partial charge in [-0.3, -0.25) is 0 Å². The minimum Gasteiger partial charge on any atom is -0.0817 e. The second-order valence-electron chi connectivity index (χ2n) is 8.83. The molecule has 0 heterocycles. The Kier molecular flexibility index (Phi) is 7.68. The molecule has 0 nitrogen and oxygen atoms in total. The molecule has 3 saturated carbocycles. The molecule has 0 unspecified atom stereocenters. The molecule has 22 heavy (non-hydrogen) atoms. The maximum absolute atomic E-state index is 1.64. The predicted octanol–water partition coefficient (Wildman–Crippen LogP) is 7.65. The summed E-state index contributed by atoms with van der Waals surface area (Å²) < 4.78 is 3.73. The van der Waals surface area contributed by atoms with Crippen molar-refractivity contribution in [3.05, 3.63) is 0 Å². The first kappa shape index (κ1) is 17.4. The largest absolute Gasteiger partial charge is 0.272 e. The summed E-state index contributed by atoms with van der Waals surface area (Å²) in [5, 5.41) is 0. The normalized spacial score (nSPS) is 27.8. The second kappa shape index (κ2) is 9.74. The summed E-state index contributed by atoms with van der Waals surface area (Å²) >= 11 is -0.565. The Morgan fingerprint density at radius 3 is 0.773 bits per heavy atom. The molecule has 0 saturated heterocycles. The van der Waals surface area contributed by atoms with Crippen molar-refractivity contribution in [2.24, 2.45) is 0 Å². The molecular formula is C21H39Al. The first-order chi connectivity index (χ1) is 10.9. The molecule has 3 aliphatic rings. The maximum atomic E-state index is 1.64. The van der Waals surface area contributed by atoms with E-state index in [1.807, 2.05) is 0 Å². The van der Waals surface area contributed by atoms with Gasteiger partial charge in [0.15, 0.2) is 0 Å². The van der Waals surface area contributed by atoms with Crippen LogP contribution in [0.5, 0.6) is 0 Å². The fraction of sp³-hybridized carbons (Fsp3) is 1.00. The van der Waals surface area contributed by atoms with Crippen LogP contribution in [-0.2, 0) is 0 Å². The standard InChI is InChI=1S/3C7H13.Al/c3*1-2-4-6-7-5-3-1;/h3*1H,2-7H2;. The fourth-order valence-electron chi connectivity index (χ4n) is 6.24. The van der Waals surface area contributed by atoms with Crippen LogP contribution in [0.2, 0.25) is 14.3 Å². The highest BCUT2D eigenvalue weighted by atomic mass is 27.2. The number of rotatable bonds is 3. The molecule has 0 radical (unpaired) electrons. The van der Waals surface area contributed by atoms with Crippen LogP contribution in [0.15, 0.2) is 0 Å². The van der Waals surface area contributed by atoms with Gasteiger partial charge < -0.3 is 0 Å². The summed E-state index contributed by atoms with van der Waals surface area (Å²) in [7, 11) is 0. The first-order valence-electron chi connectivity index (χ1n) is 10.9. The predicted molar refractivity (Wildman–Crippen MR) is 100 cm³/mol. The lowest BCUT2D eigenvalue weighted by atomic mass is 10.2. The average molecular weight is 319 g/mol. The molecule has 0 spiro atoms. The molecule has 0 aromatic rings. The van der Waals surface area contributed by atoms with Crippen molar-refractivity contribution in [1.82, 2.24) is 0 Å². The SMILES string of the molecule is C1CCC[CH]([Al]([CH]2CCCCCC2)[CH]2CCCCCC2)CC1. The van der Waals surface area contributed by atoms with Crippen LogP contribution in [0, 0.1) is 0 Å². The van der Waals surface area contributed by atoms with Crippen molar-refractivity contribution in [3.63, 3.8) is 0 Å². The Bertz CT molecular complexity index is 229. The Morgan fingerprint density at radius 2 is 0.545 bits per heavy atom. The van der Waals surface area contributed by atoms with E-state index < -0.39 is 14.1 Å². The summed E-state index contributed by atoms with van der Waals surface area (Å²) in [6.45, 7) is 0. The fourth-order valence-corrected chi connectivity index (χ4v) is 12.3. The van der Waals surface area contributed by atoms with Crippen molar-refractivity contribution < 1.29 is 0 Å². The molecule has 0 aromatic carbocycles. The average Bonchev–Trinajstić information content (AvgIpc) is 3.04. The molecule has 3 aliphatic carbocycles. The summed E-state index contributed by atoms with van der Waals surface area (Å²) in [6.07, 6.45) is 28.6. The third-order valence-electron chi connectivity index (χ3n) is 7.33. The van der Waals surface area contributed by atoms with E-state index >= 15 is 0 Å². The molecule has 3 fully saturated rings. The van der Waals surface area contributed by atoms with Gasteiger partial charge in [-0.05, 0) is 0 Å². The quantitative estimate of drug-likeness (QED) is 0.370. The van der Waals surface area contributed by atoms with Crippen LogP contribution in [0.1, 0.15) is 116 Å². The van der Waals surface area contributed by atoms with Gasteiger partial charge in [0.25, 0.3) is 14.1 Å². The van der Waals surface area contributed by atoms with Crippen LogP contribution >= 0.6 is 0 Å². The van der Waals surface area contributed by atoms with Crippen molar-refractivity contribution in [1.29, 1.82) is 0 Å². The third kappa shape index (κ3) is 5.01. The summed E-state index contributed by atoms with van der Waals surface area (Å²) in [6, 6.07) is 0. The van der Waals surface area contributed by atoms with E-state index in [-0.39, 0.29) is 0 Å². The van der Waals surface area contributed by atoms with Crippen LogP contribution in [0.25, 0.3) is 0 Å². The molecule has 0 aliphatic heterocycles. The molecule has 0 N–H and O–H groups in total. The zero-order chi connectivity index (χ0) is 15.0. The van der Waals surface area contributed by atoms with E-state index in [1.54, 1.807) is 116 Å². The molecule has 1 heteroatoms. The van der Waals surface area contributed by atoms with E-state index in [0.29, 0.717) is 0 Å². The van der Waals surface area contributed by atoms with Crippen LogP contribution in [0.4, 0.5) is 0 Å². The van der Waals surface area contributed by atoms with Gasteiger partial charge in [-0.25, -0.2) is 0 Å². The van der Waals surface area contributed by atoms with E-state index in [4.69, 9.17) is 0 Å². The zero-order valence-corrected chi connectivity index (χ0v) is 16.2. The van der Waals surface area contributed by atoms with Gasteiger partial charge in [-0.1, -0.05) is 130 Å². The lowest BCUT2D eigenvalue weighted by Crippen LogP contribution is -2.32. The molecule has 0 amide bonds. The molecular weight excluding hydrogens is 279 g/mol. The number of hydrogen-bond donors (Lipinski definition) is 0. The summed E-state index contributed by atoms with van der Waals surface area (Å²) in [5.74, 6) is 0. The molecule has 0 bridgehead atoms. The van der Waals surface area contributed by atoms with Crippen molar-refractivity contribution >= 4 is 14.1 Å². The minimum atomic E-state index is -0.565. The lowest BCUT2D eigenvalue weighted by Gasteiger charge is -2.35. The smallest absolute Gasteiger partial charge is 0.0817 e. The van der Waals surface area contributed by atoms with E-state index in [9.17, 15) is 0 Å². The van der Waals surface area contributed by atoms with Crippen molar-refractivity contribution in [2.45, 2.75) is 130 Å². The van der Waals surface area contributed by atoms with Gasteiger partial charge in [0, 0.05) is 0 Å². The van der Waals surface area contributed by atoms with Gasteiger partial charge in [0.1, 0.15) is 0 Å². The highest BCUT2D eigenvalue weighted by molar-refractivity contribution is 6.63. The highest BCUT2D eigenvalue weighted by Crippen LogP contribution is 2.48. The van der Waals surface area contributed by atoms with Crippen molar-refractivity contribution in [2.75, 3.05) is 0 Å². The summed E-state index contributed by atoms with van der Waals surface area (Å²) in [5.41, 5.74) is 0. The van der Waals surface area contributed by atoms with Crippen LogP contribution < -0.4 is 0 Å². The van der Waals surface area contributed by atoms with E-state index in [2.05, 4.69) is 0 Å². The Morgan fingerprint density at radius 1 is 0.318 bits per heavy atom. The van der Waals surface area contributed by atoms with Gasteiger partial charge in [0.2, 0.25) is 0 Å². The molecule has 0 atom stereocenters. The Balaban J connectivity index is 1.72. The molecule has 126 valence electrons. The Labute approximate surface area is 144 Å². The van der Waals surface area contributed by atoms with Crippen molar-refractivity contribution in [3.8, 4) is 0 Å².